The van der Waals surface area contributed by atoms with E-state index >= 15 is 0 Å². The summed E-state index contributed by atoms with van der Waals surface area (Å²) in [6.45, 7) is 8.01. The van der Waals surface area contributed by atoms with Crippen LogP contribution in [0.25, 0.3) is 33.7 Å². The maximum atomic E-state index is 13.4. The van der Waals surface area contributed by atoms with Crippen LogP contribution in [0.3, 0.4) is 0 Å². The van der Waals surface area contributed by atoms with Gasteiger partial charge in [0.25, 0.3) is 5.56 Å². The fraction of sp³-hybridized carbons (Fsp3) is 0.333. The van der Waals surface area contributed by atoms with Crippen molar-refractivity contribution in [3.05, 3.63) is 93.2 Å². The average molecular weight is 510 g/mol. The van der Waals surface area contributed by atoms with Crippen molar-refractivity contribution in [2.45, 2.75) is 66.1 Å². The van der Waals surface area contributed by atoms with Crippen LogP contribution in [0.4, 0.5) is 0 Å². The maximum absolute atomic E-state index is 13.4. The molecule has 0 fully saturated rings. The number of rotatable bonds is 9. The highest BCUT2D eigenvalue weighted by molar-refractivity contribution is 5.81. The van der Waals surface area contributed by atoms with Gasteiger partial charge in [0.1, 0.15) is 6.54 Å². The standard InChI is InChI=1S/C30H33N6O2/c1-4-5-15-35-26-20-22(3)21(2)19-25(26)32-27-28(35)33-30(38)36(29(27)37)16-7-6-14-34-17-10-24(11-18-34)23-8-12-31-13-9-23/h8-13,17-20H,4-7,14-16H2,1-3H3/q+1. The van der Waals surface area contributed by atoms with E-state index in [1.807, 2.05) is 42.1 Å². The van der Waals surface area contributed by atoms with E-state index in [-0.39, 0.29) is 11.3 Å². The molecule has 38 heavy (non-hydrogen) atoms. The third-order valence-electron chi connectivity index (χ3n) is 7.15. The van der Waals surface area contributed by atoms with Gasteiger partial charge < -0.3 is 4.57 Å². The molecule has 8 heteroatoms. The molecule has 0 amide bonds. The second-order valence-electron chi connectivity index (χ2n) is 9.83. The highest BCUT2D eigenvalue weighted by atomic mass is 16.2. The normalized spacial score (nSPS) is 11.4. The van der Waals surface area contributed by atoms with Gasteiger partial charge in [-0.1, -0.05) is 13.3 Å². The number of aromatic nitrogens is 6. The summed E-state index contributed by atoms with van der Waals surface area (Å²) in [5, 5.41) is 0. The van der Waals surface area contributed by atoms with Gasteiger partial charge in [0.05, 0.1) is 11.0 Å². The van der Waals surface area contributed by atoms with Crippen molar-refractivity contribution in [3.63, 3.8) is 0 Å². The zero-order valence-corrected chi connectivity index (χ0v) is 22.2. The monoisotopic (exact) mass is 509 g/mol. The van der Waals surface area contributed by atoms with Crippen LogP contribution >= 0.6 is 0 Å². The van der Waals surface area contributed by atoms with E-state index in [1.54, 1.807) is 12.4 Å². The average Bonchev–Trinajstić information content (AvgIpc) is 2.93. The summed E-state index contributed by atoms with van der Waals surface area (Å²) in [4.78, 5) is 39.5. The fourth-order valence-corrected chi connectivity index (χ4v) is 4.77. The van der Waals surface area contributed by atoms with Crippen molar-refractivity contribution in [2.24, 2.45) is 0 Å². The molecule has 0 radical (unpaired) electrons. The van der Waals surface area contributed by atoms with Gasteiger partial charge in [-0.3, -0.25) is 14.3 Å². The van der Waals surface area contributed by atoms with Gasteiger partial charge in [0.2, 0.25) is 0 Å². The predicted molar refractivity (Wildman–Crippen MR) is 148 cm³/mol. The number of hydrogen-bond donors (Lipinski definition) is 0. The zero-order valence-electron chi connectivity index (χ0n) is 22.2. The summed E-state index contributed by atoms with van der Waals surface area (Å²) >= 11 is 0. The first-order valence-corrected chi connectivity index (χ1v) is 13.3. The summed E-state index contributed by atoms with van der Waals surface area (Å²) in [6, 6.07) is 12.2. The Balaban J connectivity index is 1.36. The summed E-state index contributed by atoms with van der Waals surface area (Å²) in [5.74, 6) is 0.380. The van der Waals surface area contributed by atoms with Crippen LogP contribution in [0.5, 0.6) is 0 Å². The summed E-state index contributed by atoms with van der Waals surface area (Å²) in [6.07, 6.45) is 11.1. The SMILES string of the molecule is CCCCn1c2nc(=O)n(CCCC[n+]3ccc(-c4ccncc4)cc3)c(=O)c-2nc2cc(C)c(C)cc21. The second kappa shape index (κ2) is 11.0. The molecule has 194 valence electrons. The Hall–Kier alpha value is -4.20. The molecule has 3 aromatic rings. The number of nitrogens with zero attached hydrogens (tertiary/aromatic N) is 6. The van der Waals surface area contributed by atoms with Crippen LogP contribution in [-0.2, 0) is 19.6 Å². The van der Waals surface area contributed by atoms with Gasteiger partial charge in [0.15, 0.2) is 23.9 Å². The van der Waals surface area contributed by atoms with Crippen LogP contribution in [0, 0.1) is 13.8 Å². The summed E-state index contributed by atoms with van der Waals surface area (Å²) in [5.41, 5.74) is 5.58. The molecule has 2 aliphatic heterocycles. The van der Waals surface area contributed by atoms with Crippen molar-refractivity contribution in [1.29, 1.82) is 0 Å². The topological polar surface area (TPSA) is 86.5 Å². The number of fused-ring (bicyclic) bond motifs is 2. The van der Waals surface area contributed by atoms with Crippen molar-refractivity contribution >= 4 is 11.0 Å². The van der Waals surface area contributed by atoms with Crippen LogP contribution in [0.2, 0.25) is 0 Å². The Morgan fingerprint density at radius 2 is 1.50 bits per heavy atom. The first-order chi connectivity index (χ1) is 18.5. The van der Waals surface area contributed by atoms with Crippen molar-refractivity contribution in [2.75, 3.05) is 0 Å². The van der Waals surface area contributed by atoms with Crippen LogP contribution in [0.15, 0.2) is 70.8 Å². The third kappa shape index (κ3) is 5.11. The summed E-state index contributed by atoms with van der Waals surface area (Å²) < 4.78 is 5.34. The highest BCUT2D eigenvalue weighted by Gasteiger charge is 2.21. The quantitative estimate of drug-likeness (QED) is 0.168. The molecule has 8 nitrogen and oxygen atoms in total. The number of pyridine rings is 2. The molecule has 0 unspecified atom stereocenters. The number of hydrogen-bond acceptors (Lipinski definition) is 5. The highest BCUT2D eigenvalue weighted by Crippen LogP contribution is 2.24. The molecule has 0 saturated heterocycles. The minimum Gasteiger partial charge on any atom is -0.322 e. The number of aryl methyl sites for hydroxylation is 4. The minimum atomic E-state index is -0.507. The Morgan fingerprint density at radius 1 is 0.816 bits per heavy atom. The molecule has 0 bridgehead atoms. The van der Waals surface area contributed by atoms with Gasteiger partial charge >= 0.3 is 5.69 Å². The molecule has 2 aromatic heterocycles. The lowest BCUT2D eigenvalue weighted by molar-refractivity contribution is -0.697. The number of benzene rings is 1. The van der Waals surface area contributed by atoms with Crippen molar-refractivity contribution < 1.29 is 4.57 Å². The Morgan fingerprint density at radius 3 is 2.24 bits per heavy atom. The Bertz CT molecular complexity index is 1660. The molecule has 0 aliphatic carbocycles. The lowest BCUT2D eigenvalue weighted by Gasteiger charge is -2.18. The first-order valence-electron chi connectivity index (χ1n) is 13.3. The van der Waals surface area contributed by atoms with E-state index in [9.17, 15) is 9.59 Å². The van der Waals surface area contributed by atoms with Gasteiger partial charge in [-0.2, -0.15) is 4.98 Å². The largest absolute Gasteiger partial charge is 0.352 e. The predicted octanol–water partition coefficient (Wildman–Crippen LogP) is 4.30. The Kier molecular flexibility index (Phi) is 7.40. The zero-order chi connectivity index (χ0) is 26.6. The molecule has 0 atom stereocenters. The van der Waals surface area contributed by atoms with Gasteiger partial charge in [-0.25, -0.2) is 14.3 Å². The molecule has 0 spiro atoms. The van der Waals surface area contributed by atoms with Crippen LogP contribution in [-0.4, -0.2) is 24.1 Å². The molecule has 0 saturated carbocycles. The smallest absolute Gasteiger partial charge is 0.322 e. The molecule has 2 aliphatic rings. The summed E-state index contributed by atoms with van der Waals surface area (Å²) in [7, 11) is 0. The third-order valence-corrected chi connectivity index (χ3v) is 7.15. The van der Waals surface area contributed by atoms with E-state index in [4.69, 9.17) is 4.98 Å². The van der Waals surface area contributed by atoms with Crippen LogP contribution < -0.4 is 15.8 Å². The van der Waals surface area contributed by atoms with Crippen molar-refractivity contribution in [1.82, 2.24) is 24.1 Å². The van der Waals surface area contributed by atoms with E-state index in [0.29, 0.717) is 25.3 Å². The van der Waals surface area contributed by atoms with E-state index < -0.39 is 5.69 Å². The molecule has 4 heterocycles. The molecule has 0 N–H and O–H groups in total. The maximum Gasteiger partial charge on any atom is 0.352 e. The van der Waals surface area contributed by atoms with Crippen molar-refractivity contribution in [3.8, 4) is 22.6 Å². The first kappa shape index (κ1) is 25.4. The fourth-order valence-electron chi connectivity index (χ4n) is 4.77. The molecular formula is C30H33N6O2+. The lowest BCUT2D eigenvalue weighted by Crippen LogP contribution is -2.39. The Labute approximate surface area is 221 Å². The van der Waals surface area contributed by atoms with Gasteiger partial charge in [0, 0.05) is 44.0 Å². The van der Waals surface area contributed by atoms with Gasteiger partial charge in [-0.05, 0) is 73.2 Å². The molecular weight excluding hydrogens is 476 g/mol. The lowest BCUT2D eigenvalue weighted by atomic mass is 10.1. The van der Waals surface area contributed by atoms with E-state index in [2.05, 4.69) is 46.6 Å². The van der Waals surface area contributed by atoms with Crippen LogP contribution in [0.1, 0.15) is 43.7 Å². The molecule has 1 aromatic carbocycles. The number of unbranched alkanes of at least 4 members (excludes halogenated alkanes) is 2. The second-order valence-corrected chi connectivity index (χ2v) is 9.83. The minimum absolute atomic E-state index is 0.262. The van der Waals surface area contributed by atoms with E-state index in [1.165, 1.54) is 4.57 Å². The van der Waals surface area contributed by atoms with Gasteiger partial charge in [-0.15, -0.1) is 0 Å². The van der Waals surface area contributed by atoms with E-state index in [0.717, 1.165) is 59.1 Å². The molecule has 5 rings (SSSR count).